The number of nitrogens with two attached hydrogens (primary N) is 1. The number of benzene rings is 3. The smallest absolute Gasteiger partial charge is 0.416 e. The first-order valence-electron chi connectivity index (χ1n) is 11.1. The molecule has 9 heteroatoms. The minimum absolute atomic E-state index is 0.0649. The van der Waals surface area contributed by atoms with Gasteiger partial charge in [0.05, 0.1) is 19.8 Å². The third-order valence-corrected chi connectivity index (χ3v) is 6.10. The molecular weight excluding hydrogens is 473 g/mol. The molecule has 0 aliphatic carbocycles. The van der Waals surface area contributed by atoms with Crippen molar-refractivity contribution in [2.75, 3.05) is 25.7 Å². The normalized spacial score (nSPS) is 12.9. The Balaban J connectivity index is 2.03. The Bertz CT molecular complexity index is 1210. The summed E-state index contributed by atoms with van der Waals surface area (Å²) in [5.41, 5.74) is 4.70. The molecule has 0 saturated heterocycles. The summed E-state index contributed by atoms with van der Waals surface area (Å²) in [5.74, 6) is -0.612. The Labute approximate surface area is 207 Å². The molecule has 6 nitrogen and oxygen atoms in total. The van der Waals surface area contributed by atoms with E-state index in [-0.39, 0.29) is 13.0 Å². The first-order valence-corrected chi connectivity index (χ1v) is 11.1. The molecule has 0 spiro atoms. The molecule has 1 unspecified atom stereocenters. The standard InChI is InChI=1S/C27H27F3N2O4/c1-26(24(31)33,19-7-5-4-6-8-19)25(34)32(21-13-14-22(35-2)23(17-21)36-3)16-15-18-9-11-20(12-10-18)27(28,29)30/h4-14,17H,15-16H2,1-3H3,(H2,31,33). The summed E-state index contributed by atoms with van der Waals surface area (Å²) in [7, 11) is 2.93. The summed E-state index contributed by atoms with van der Waals surface area (Å²) in [6.45, 7) is 1.52. The van der Waals surface area contributed by atoms with Gasteiger partial charge >= 0.3 is 6.18 Å². The van der Waals surface area contributed by atoms with Gasteiger partial charge < -0.3 is 20.1 Å². The van der Waals surface area contributed by atoms with Crippen LogP contribution >= 0.6 is 0 Å². The van der Waals surface area contributed by atoms with Gasteiger partial charge in [-0.05, 0) is 48.7 Å². The van der Waals surface area contributed by atoms with Crippen LogP contribution in [0.5, 0.6) is 11.5 Å². The van der Waals surface area contributed by atoms with Crippen LogP contribution in [0.4, 0.5) is 18.9 Å². The minimum atomic E-state index is -4.45. The van der Waals surface area contributed by atoms with Gasteiger partial charge in [0.1, 0.15) is 5.41 Å². The number of ether oxygens (including phenoxy) is 2. The summed E-state index contributed by atoms with van der Waals surface area (Å²) in [6, 6.07) is 18.0. The highest BCUT2D eigenvalue weighted by molar-refractivity contribution is 6.15. The summed E-state index contributed by atoms with van der Waals surface area (Å²) < 4.78 is 49.5. The van der Waals surface area contributed by atoms with Crippen LogP contribution in [0.25, 0.3) is 0 Å². The molecule has 0 radical (unpaired) electrons. The highest BCUT2D eigenvalue weighted by Crippen LogP contribution is 2.35. The number of hydrogen-bond acceptors (Lipinski definition) is 4. The van der Waals surface area contributed by atoms with E-state index in [1.807, 2.05) is 0 Å². The first kappa shape index (κ1) is 26.6. The molecule has 36 heavy (non-hydrogen) atoms. The molecule has 0 aliphatic heterocycles. The average molecular weight is 501 g/mol. The van der Waals surface area contributed by atoms with Gasteiger partial charge in [-0.3, -0.25) is 9.59 Å². The van der Waals surface area contributed by atoms with Crippen molar-refractivity contribution in [1.29, 1.82) is 0 Å². The van der Waals surface area contributed by atoms with Gasteiger partial charge in [0, 0.05) is 18.3 Å². The molecule has 0 fully saturated rings. The van der Waals surface area contributed by atoms with E-state index in [9.17, 15) is 22.8 Å². The van der Waals surface area contributed by atoms with Crippen molar-refractivity contribution in [1.82, 2.24) is 0 Å². The van der Waals surface area contributed by atoms with E-state index in [0.29, 0.717) is 28.3 Å². The van der Waals surface area contributed by atoms with E-state index < -0.39 is 29.0 Å². The van der Waals surface area contributed by atoms with Crippen molar-refractivity contribution in [3.05, 3.63) is 89.5 Å². The van der Waals surface area contributed by atoms with Gasteiger partial charge in [-0.25, -0.2) is 0 Å². The third kappa shape index (κ3) is 5.45. The molecule has 0 aromatic heterocycles. The molecule has 0 aliphatic rings. The second kappa shape index (κ2) is 10.7. The number of nitrogens with zero attached hydrogens (tertiary/aromatic N) is 1. The van der Waals surface area contributed by atoms with Crippen molar-refractivity contribution in [2.45, 2.75) is 24.9 Å². The van der Waals surface area contributed by atoms with Crippen LogP contribution in [0.1, 0.15) is 23.6 Å². The summed E-state index contributed by atoms with van der Waals surface area (Å²) in [4.78, 5) is 28.0. The largest absolute Gasteiger partial charge is 0.493 e. The van der Waals surface area contributed by atoms with Crippen LogP contribution in [0.3, 0.4) is 0 Å². The summed E-state index contributed by atoms with van der Waals surface area (Å²) in [5, 5.41) is 0. The average Bonchev–Trinajstić information content (AvgIpc) is 2.88. The molecule has 0 saturated carbocycles. The van der Waals surface area contributed by atoms with Crippen LogP contribution in [-0.4, -0.2) is 32.6 Å². The molecule has 3 rings (SSSR count). The van der Waals surface area contributed by atoms with Gasteiger partial charge in [-0.2, -0.15) is 13.2 Å². The van der Waals surface area contributed by atoms with Crippen molar-refractivity contribution in [3.8, 4) is 11.5 Å². The van der Waals surface area contributed by atoms with Crippen molar-refractivity contribution < 1.29 is 32.2 Å². The number of carbonyl (C=O) groups excluding carboxylic acids is 2. The highest BCUT2D eigenvalue weighted by Gasteiger charge is 2.44. The predicted octanol–water partition coefficient (Wildman–Crippen LogP) is 4.74. The number of amides is 2. The third-order valence-electron chi connectivity index (χ3n) is 6.10. The Morgan fingerprint density at radius 2 is 1.47 bits per heavy atom. The van der Waals surface area contributed by atoms with E-state index in [1.54, 1.807) is 48.5 Å². The van der Waals surface area contributed by atoms with Crippen LogP contribution in [0, 0.1) is 0 Å². The number of carbonyl (C=O) groups is 2. The lowest BCUT2D eigenvalue weighted by atomic mass is 9.80. The van der Waals surface area contributed by atoms with Crippen LogP contribution in [-0.2, 0) is 27.6 Å². The predicted molar refractivity (Wildman–Crippen MR) is 130 cm³/mol. The molecule has 3 aromatic carbocycles. The van der Waals surface area contributed by atoms with Crippen LogP contribution < -0.4 is 20.1 Å². The second-order valence-electron chi connectivity index (χ2n) is 8.30. The first-order chi connectivity index (χ1) is 17.0. The zero-order chi connectivity index (χ0) is 26.5. The lowest BCUT2D eigenvalue weighted by molar-refractivity contribution is -0.137. The maximum Gasteiger partial charge on any atom is 0.416 e. The lowest BCUT2D eigenvalue weighted by Gasteiger charge is -2.33. The van der Waals surface area contributed by atoms with E-state index in [2.05, 4.69) is 0 Å². The number of alkyl halides is 3. The Kier molecular flexibility index (Phi) is 7.92. The van der Waals surface area contributed by atoms with Crippen molar-refractivity contribution in [3.63, 3.8) is 0 Å². The van der Waals surface area contributed by atoms with Crippen molar-refractivity contribution >= 4 is 17.5 Å². The quantitative estimate of drug-likeness (QED) is 0.431. The summed E-state index contributed by atoms with van der Waals surface area (Å²) >= 11 is 0. The molecule has 0 bridgehead atoms. The van der Waals surface area contributed by atoms with E-state index in [1.165, 1.54) is 38.2 Å². The van der Waals surface area contributed by atoms with Gasteiger partial charge in [0.2, 0.25) is 11.8 Å². The molecule has 0 heterocycles. The topological polar surface area (TPSA) is 81.9 Å². The number of primary amides is 1. The van der Waals surface area contributed by atoms with Crippen molar-refractivity contribution in [2.24, 2.45) is 5.73 Å². The van der Waals surface area contributed by atoms with Crippen LogP contribution in [0.15, 0.2) is 72.8 Å². The zero-order valence-corrected chi connectivity index (χ0v) is 20.1. The van der Waals surface area contributed by atoms with E-state index in [4.69, 9.17) is 15.2 Å². The number of methoxy groups -OCH3 is 2. The molecule has 1 atom stereocenters. The van der Waals surface area contributed by atoms with Gasteiger partial charge in [-0.1, -0.05) is 42.5 Å². The maximum absolute atomic E-state index is 14.0. The van der Waals surface area contributed by atoms with Gasteiger partial charge in [-0.15, -0.1) is 0 Å². The zero-order valence-electron chi connectivity index (χ0n) is 20.1. The SMILES string of the molecule is COc1ccc(N(CCc2ccc(C(F)(F)F)cc2)C(=O)C(C)(C(N)=O)c2ccccc2)cc1OC. The van der Waals surface area contributed by atoms with Gasteiger partial charge in [0.15, 0.2) is 11.5 Å². The lowest BCUT2D eigenvalue weighted by Crippen LogP contribution is -2.53. The summed E-state index contributed by atoms with van der Waals surface area (Å²) in [6.07, 6.45) is -4.22. The maximum atomic E-state index is 14.0. The van der Waals surface area contributed by atoms with E-state index in [0.717, 1.165) is 12.1 Å². The second-order valence-corrected chi connectivity index (χ2v) is 8.30. The molecule has 2 N–H and O–H groups in total. The fourth-order valence-electron chi connectivity index (χ4n) is 3.85. The van der Waals surface area contributed by atoms with Crippen LogP contribution in [0.2, 0.25) is 0 Å². The minimum Gasteiger partial charge on any atom is -0.493 e. The fraction of sp³-hybridized carbons (Fsp3) is 0.259. The Morgan fingerprint density at radius 1 is 0.861 bits per heavy atom. The highest BCUT2D eigenvalue weighted by atomic mass is 19.4. The number of anilines is 1. The Hall–Kier alpha value is -4.01. The monoisotopic (exact) mass is 500 g/mol. The number of halogens is 3. The van der Waals surface area contributed by atoms with E-state index >= 15 is 0 Å². The fourth-order valence-corrected chi connectivity index (χ4v) is 3.85. The van der Waals surface area contributed by atoms with Gasteiger partial charge in [0.25, 0.3) is 0 Å². The Morgan fingerprint density at radius 3 is 2.00 bits per heavy atom. The molecular formula is C27H27F3N2O4. The molecule has 3 aromatic rings. The molecule has 190 valence electrons. The number of rotatable bonds is 9. The number of hydrogen-bond donors (Lipinski definition) is 1. The molecule has 2 amide bonds.